The molecule has 0 aliphatic heterocycles. The van der Waals surface area contributed by atoms with Crippen molar-refractivity contribution in [1.29, 1.82) is 0 Å². The molecule has 1 N–H and O–H groups in total. The quantitative estimate of drug-likeness (QED) is 0.947. The van der Waals surface area contributed by atoms with Crippen molar-refractivity contribution >= 4 is 38.3 Å². The molecule has 0 saturated carbocycles. The average molecular weight is 313 g/mol. The Kier molecular flexibility index (Phi) is 3.75. The summed E-state index contributed by atoms with van der Waals surface area (Å²) in [5, 5.41) is 5.10. The van der Waals surface area contributed by atoms with Gasteiger partial charge in [-0.05, 0) is 34.1 Å². The van der Waals surface area contributed by atoms with Crippen molar-refractivity contribution in [2.24, 2.45) is 0 Å². The Morgan fingerprint density at radius 1 is 1.53 bits per heavy atom. The first-order valence-corrected chi connectivity index (χ1v) is 6.42. The first-order chi connectivity index (χ1) is 8.20. The maximum atomic E-state index is 11.9. The maximum absolute atomic E-state index is 11.9. The normalized spacial score (nSPS) is 10.0. The summed E-state index contributed by atoms with van der Waals surface area (Å²) in [4.78, 5) is 15.8. The number of carbonyl (C=O) groups is 1. The smallest absolute Gasteiger partial charge is 0.257 e. The van der Waals surface area contributed by atoms with Crippen molar-refractivity contribution in [1.82, 2.24) is 4.98 Å². The van der Waals surface area contributed by atoms with E-state index < -0.39 is 0 Å². The fraction of sp³-hybridized carbons (Fsp3) is 0.0909. The third-order valence-electron chi connectivity index (χ3n) is 2.07. The van der Waals surface area contributed by atoms with Gasteiger partial charge in [0.05, 0.1) is 11.6 Å². The zero-order valence-electron chi connectivity index (χ0n) is 8.94. The molecule has 0 saturated heterocycles. The zero-order chi connectivity index (χ0) is 12.3. The summed E-state index contributed by atoms with van der Waals surface area (Å²) in [7, 11) is 1.58. The van der Waals surface area contributed by atoms with Crippen LogP contribution in [0.25, 0.3) is 0 Å². The largest absolute Gasteiger partial charge is 0.496 e. The summed E-state index contributed by atoms with van der Waals surface area (Å²) in [6.45, 7) is 0. The maximum Gasteiger partial charge on any atom is 0.257 e. The van der Waals surface area contributed by atoms with Crippen LogP contribution in [0, 0.1) is 0 Å². The number of nitrogens with one attached hydrogen (secondary N) is 1. The summed E-state index contributed by atoms with van der Waals surface area (Å²) in [6, 6.07) is 5.15. The minimum absolute atomic E-state index is 0.191. The molecule has 0 radical (unpaired) electrons. The molecule has 1 aromatic carbocycles. The third kappa shape index (κ3) is 2.83. The van der Waals surface area contributed by atoms with Crippen molar-refractivity contribution in [3.63, 3.8) is 0 Å². The van der Waals surface area contributed by atoms with Crippen LogP contribution in [0.3, 0.4) is 0 Å². The minimum Gasteiger partial charge on any atom is -0.496 e. The molecule has 1 heterocycles. The molecule has 0 fully saturated rings. The van der Waals surface area contributed by atoms with Gasteiger partial charge < -0.3 is 4.74 Å². The highest BCUT2D eigenvalue weighted by molar-refractivity contribution is 9.10. The molecule has 6 heteroatoms. The van der Waals surface area contributed by atoms with Crippen molar-refractivity contribution in [2.75, 3.05) is 12.4 Å². The van der Waals surface area contributed by atoms with Gasteiger partial charge in [0.15, 0.2) is 5.13 Å². The first-order valence-electron chi connectivity index (χ1n) is 4.75. The number of aromatic nitrogens is 1. The standard InChI is InChI=1S/C11H9BrN2O2S/c1-16-9-3-2-7(6-8(9)12)10(15)14-11-13-4-5-17-11/h2-6H,1H3,(H,13,14,15). The fourth-order valence-corrected chi connectivity index (χ4v) is 2.33. The molecule has 0 atom stereocenters. The van der Waals surface area contributed by atoms with E-state index in [4.69, 9.17) is 4.74 Å². The molecule has 2 rings (SSSR count). The monoisotopic (exact) mass is 312 g/mol. The molecule has 0 spiro atoms. The van der Waals surface area contributed by atoms with E-state index in [9.17, 15) is 4.79 Å². The number of carbonyl (C=O) groups excluding carboxylic acids is 1. The van der Waals surface area contributed by atoms with E-state index in [2.05, 4.69) is 26.2 Å². The number of halogens is 1. The van der Waals surface area contributed by atoms with E-state index in [1.54, 1.807) is 36.9 Å². The Hall–Kier alpha value is -1.40. The van der Waals surface area contributed by atoms with Crippen LogP contribution in [-0.2, 0) is 0 Å². The zero-order valence-corrected chi connectivity index (χ0v) is 11.3. The van der Waals surface area contributed by atoms with Crippen LogP contribution >= 0.6 is 27.3 Å². The predicted molar refractivity (Wildman–Crippen MR) is 70.8 cm³/mol. The Morgan fingerprint density at radius 2 is 2.35 bits per heavy atom. The molecule has 88 valence electrons. The number of methoxy groups -OCH3 is 1. The van der Waals surface area contributed by atoms with Crippen molar-refractivity contribution in [2.45, 2.75) is 0 Å². The Balaban J connectivity index is 2.17. The van der Waals surface area contributed by atoms with Crippen LogP contribution in [0.4, 0.5) is 5.13 Å². The average Bonchev–Trinajstić information content (AvgIpc) is 2.81. The summed E-state index contributed by atoms with van der Waals surface area (Å²) in [5.41, 5.74) is 0.549. The predicted octanol–water partition coefficient (Wildman–Crippen LogP) is 3.17. The SMILES string of the molecule is COc1ccc(C(=O)Nc2nccs2)cc1Br. The lowest BCUT2D eigenvalue weighted by Crippen LogP contribution is -2.11. The highest BCUT2D eigenvalue weighted by Gasteiger charge is 2.09. The van der Waals surface area contributed by atoms with Gasteiger partial charge in [0.1, 0.15) is 5.75 Å². The Labute approximate surface area is 111 Å². The van der Waals surface area contributed by atoms with Gasteiger partial charge in [0.2, 0.25) is 0 Å². The van der Waals surface area contributed by atoms with Gasteiger partial charge in [-0.25, -0.2) is 4.98 Å². The van der Waals surface area contributed by atoms with E-state index >= 15 is 0 Å². The molecule has 0 bridgehead atoms. The summed E-state index contributed by atoms with van der Waals surface area (Å²) in [5.74, 6) is 0.499. The molecule has 1 amide bonds. The number of ether oxygens (including phenoxy) is 1. The van der Waals surface area contributed by atoms with Gasteiger partial charge in [-0.2, -0.15) is 0 Å². The van der Waals surface area contributed by atoms with Crippen LogP contribution in [0.2, 0.25) is 0 Å². The highest BCUT2D eigenvalue weighted by Crippen LogP contribution is 2.26. The highest BCUT2D eigenvalue weighted by atomic mass is 79.9. The lowest BCUT2D eigenvalue weighted by molar-refractivity contribution is 0.102. The van der Waals surface area contributed by atoms with Crippen molar-refractivity contribution < 1.29 is 9.53 Å². The number of amides is 1. The van der Waals surface area contributed by atoms with E-state index in [1.807, 2.05) is 0 Å². The number of rotatable bonds is 3. The number of benzene rings is 1. The van der Waals surface area contributed by atoms with Crippen LogP contribution in [0.15, 0.2) is 34.2 Å². The van der Waals surface area contributed by atoms with E-state index in [1.165, 1.54) is 11.3 Å². The van der Waals surface area contributed by atoms with Crippen LogP contribution < -0.4 is 10.1 Å². The van der Waals surface area contributed by atoms with E-state index in [0.29, 0.717) is 16.4 Å². The molecule has 1 aromatic heterocycles. The number of hydrogen-bond donors (Lipinski definition) is 1. The lowest BCUT2D eigenvalue weighted by atomic mass is 10.2. The molecule has 17 heavy (non-hydrogen) atoms. The number of nitrogens with zero attached hydrogens (tertiary/aromatic N) is 1. The summed E-state index contributed by atoms with van der Waals surface area (Å²) < 4.78 is 5.84. The topological polar surface area (TPSA) is 51.2 Å². The van der Waals surface area contributed by atoms with Crippen molar-refractivity contribution in [3.8, 4) is 5.75 Å². The molecule has 2 aromatic rings. The molecule has 4 nitrogen and oxygen atoms in total. The van der Waals surface area contributed by atoms with E-state index in [-0.39, 0.29) is 5.91 Å². The summed E-state index contributed by atoms with van der Waals surface area (Å²) >= 11 is 4.71. The molecular formula is C11H9BrN2O2S. The first kappa shape index (κ1) is 12.1. The van der Waals surface area contributed by atoms with Crippen LogP contribution in [0.1, 0.15) is 10.4 Å². The molecule has 0 aliphatic rings. The molecular weight excluding hydrogens is 304 g/mol. The Bertz CT molecular complexity index is 528. The number of anilines is 1. The van der Waals surface area contributed by atoms with Gasteiger partial charge in [-0.3, -0.25) is 10.1 Å². The second-order valence-electron chi connectivity index (χ2n) is 3.14. The van der Waals surface area contributed by atoms with Gasteiger partial charge >= 0.3 is 0 Å². The lowest BCUT2D eigenvalue weighted by Gasteiger charge is -2.05. The van der Waals surface area contributed by atoms with Gasteiger partial charge in [-0.1, -0.05) is 0 Å². The third-order valence-corrected chi connectivity index (χ3v) is 3.38. The number of hydrogen-bond acceptors (Lipinski definition) is 4. The fourth-order valence-electron chi connectivity index (χ4n) is 1.26. The van der Waals surface area contributed by atoms with Gasteiger partial charge in [0.25, 0.3) is 5.91 Å². The Morgan fingerprint density at radius 3 is 2.94 bits per heavy atom. The second kappa shape index (κ2) is 5.29. The van der Waals surface area contributed by atoms with Gasteiger partial charge in [-0.15, -0.1) is 11.3 Å². The van der Waals surface area contributed by atoms with Crippen LogP contribution in [-0.4, -0.2) is 18.0 Å². The van der Waals surface area contributed by atoms with Gasteiger partial charge in [0, 0.05) is 17.1 Å². The molecule has 0 unspecified atom stereocenters. The minimum atomic E-state index is -0.191. The van der Waals surface area contributed by atoms with Crippen molar-refractivity contribution in [3.05, 3.63) is 39.8 Å². The number of thiazole rings is 1. The second-order valence-corrected chi connectivity index (χ2v) is 4.89. The van der Waals surface area contributed by atoms with Crippen LogP contribution in [0.5, 0.6) is 5.75 Å². The molecule has 0 aliphatic carbocycles. The van der Waals surface area contributed by atoms with E-state index in [0.717, 1.165) is 4.47 Å². The summed E-state index contributed by atoms with van der Waals surface area (Å²) in [6.07, 6.45) is 1.64.